The van der Waals surface area contributed by atoms with Gasteiger partial charge in [0.1, 0.15) is 5.82 Å². The minimum atomic E-state index is -0.776. The number of nitrogens with one attached hydrogen (secondary N) is 1. The number of halogens is 2. The Hall–Kier alpha value is -2.16. The molecule has 1 atom stereocenters. The van der Waals surface area contributed by atoms with Crippen molar-refractivity contribution in [2.45, 2.75) is 49.9 Å². The van der Waals surface area contributed by atoms with Crippen molar-refractivity contribution in [2.75, 3.05) is 5.75 Å². The van der Waals surface area contributed by atoms with E-state index in [0.717, 1.165) is 37.8 Å². The third-order valence-electron chi connectivity index (χ3n) is 4.48. The van der Waals surface area contributed by atoms with Gasteiger partial charge in [0.25, 0.3) is 0 Å². The van der Waals surface area contributed by atoms with Gasteiger partial charge in [0.2, 0.25) is 5.91 Å². The molecule has 1 N–H and O–H groups in total. The molecule has 0 spiro atoms. The molecule has 1 fully saturated rings. The molecule has 3 rings (SSSR count). The molecule has 1 saturated carbocycles. The van der Waals surface area contributed by atoms with E-state index >= 15 is 0 Å². The summed E-state index contributed by atoms with van der Waals surface area (Å²) in [5.74, 6) is -0.781. The van der Waals surface area contributed by atoms with Crippen LogP contribution in [0.1, 0.15) is 44.5 Å². The summed E-state index contributed by atoms with van der Waals surface area (Å²) in [6, 6.07) is 3.42. The molecule has 1 aromatic carbocycles. The lowest BCUT2D eigenvalue weighted by Gasteiger charge is -2.15. The Kier molecular flexibility index (Phi) is 6.30. The topological polar surface area (TPSA) is 69.0 Å². The van der Waals surface area contributed by atoms with Crippen LogP contribution in [0.2, 0.25) is 0 Å². The molecule has 0 saturated heterocycles. The van der Waals surface area contributed by atoms with Gasteiger partial charge in [-0.05, 0) is 31.9 Å². The number of hydrogen-bond donors (Lipinski definition) is 1. The van der Waals surface area contributed by atoms with Crippen LogP contribution in [0.15, 0.2) is 23.4 Å². The van der Waals surface area contributed by atoms with Crippen LogP contribution in [0.3, 0.4) is 0 Å². The van der Waals surface area contributed by atoms with Crippen molar-refractivity contribution in [3.8, 4) is 5.75 Å². The number of nitrogens with zero attached hydrogens (tertiary/aromatic N) is 3. The molecule has 0 radical (unpaired) electrons. The van der Waals surface area contributed by atoms with E-state index < -0.39 is 17.7 Å². The lowest BCUT2D eigenvalue weighted by molar-refractivity contribution is -0.119. The molecule has 1 aromatic heterocycles. The van der Waals surface area contributed by atoms with Gasteiger partial charge < -0.3 is 14.6 Å². The maximum Gasteiger partial charge on any atom is 0.230 e. The summed E-state index contributed by atoms with van der Waals surface area (Å²) in [5, 5.41) is 11.8. The summed E-state index contributed by atoms with van der Waals surface area (Å²) >= 11 is 1.29. The van der Waals surface area contributed by atoms with Crippen molar-refractivity contribution >= 4 is 17.7 Å². The molecule has 1 unspecified atom stereocenters. The lowest BCUT2D eigenvalue weighted by atomic mass is 10.2. The molecular weight excluding hydrogens is 374 g/mol. The number of rotatable bonds is 7. The summed E-state index contributed by atoms with van der Waals surface area (Å²) in [6.45, 7) is 1.70. The molecule has 0 aliphatic heterocycles. The number of hydrogen-bond acceptors (Lipinski definition) is 5. The van der Waals surface area contributed by atoms with Gasteiger partial charge in [-0.25, -0.2) is 8.78 Å². The van der Waals surface area contributed by atoms with Crippen LogP contribution in [-0.2, 0) is 11.8 Å². The largest absolute Gasteiger partial charge is 0.480 e. The number of aromatic nitrogens is 3. The Morgan fingerprint density at radius 3 is 2.81 bits per heavy atom. The molecule has 27 heavy (non-hydrogen) atoms. The maximum absolute atomic E-state index is 13.8. The second kappa shape index (κ2) is 8.69. The normalized spacial score (nSPS) is 15.7. The Labute approximate surface area is 160 Å². The van der Waals surface area contributed by atoms with Gasteiger partial charge in [0, 0.05) is 19.2 Å². The molecule has 2 aromatic rings. The van der Waals surface area contributed by atoms with E-state index in [2.05, 4.69) is 15.5 Å². The van der Waals surface area contributed by atoms with Crippen molar-refractivity contribution in [1.29, 1.82) is 0 Å². The smallest absolute Gasteiger partial charge is 0.230 e. The van der Waals surface area contributed by atoms with Gasteiger partial charge in [0.05, 0.1) is 5.75 Å². The fourth-order valence-corrected chi connectivity index (χ4v) is 3.82. The van der Waals surface area contributed by atoms with Gasteiger partial charge in [-0.15, -0.1) is 10.2 Å². The minimum absolute atomic E-state index is 0.0193. The zero-order valence-electron chi connectivity index (χ0n) is 15.2. The van der Waals surface area contributed by atoms with E-state index in [-0.39, 0.29) is 23.5 Å². The Bertz CT molecular complexity index is 809. The summed E-state index contributed by atoms with van der Waals surface area (Å²) in [6.07, 6.45) is 3.82. The van der Waals surface area contributed by atoms with E-state index in [4.69, 9.17) is 4.74 Å². The van der Waals surface area contributed by atoms with Crippen LogP contribution < -0.4 is 10.1 Å². The number of carbonyl (C=O) groups is 1. The lowest BCUT2D eigenvalue weighted by Crippen LogP contribution is -2.33. The van der Waals surface area contributed by atoms with Crippen LogP contribution in [0.5, 0.6) is 5.75 Å². The second-order valence-electron chi connectivity index (χ2n) is 6.57. The van der Waals surface area contributed by atoms with E-state index in [1.54, 1.807) is 18.5 Å². The number of thioether (sulfide) groups is 1. The van der Waals surface area contributed by atoms with E-state index in [1.165, 1.54) is 17.8 Å². The van der Waals surface area contributed by atoms with Crippen molar-refractivity contribution < 1.29 is 18.3 Å². The fourth-order valence-electron chi connectivity index (χ4n) is 3.09. The first kappa shape index (κ1) is 19.6. The second-order valence-corrected chi connectivity index (χ2v) is 7.51. The van der Waals surface area contributed by atoms with E-state index in [9.17, 15) is 13.6 Å². The van der Waals surface area contributed by atoms with E-state index in [0.29, 0.717) is 11.0 Å². The summed E-state index contributed by atoms with van der Waals surface area (Å²) in [4.78, 5) is 12.0. The highest BCUT2D eigenvalue weighted by atomic mass is 32.2. The predicted octanol–water partition coefficient (Wildman–Crippen LogP) is 3.38. The Morgan fingerprint density at radius 1 is 1.37 bits per heavy atom. The predicted molar refractivity (Wildman–Crippen MR) is 97.5 cm³/mol. The van der Waals surface area contributed by atoms with Gasteiger partial charge in [-0.3, -0.25) is 4.79 Å². The summed E-state index contributed by atoms with van der Waals surface area (Å²) < 4.78 is 34.0. The first-order valence-electron chi connectivity index (χ1n) is 8.87. The van der Waals surface area contributed by atoms with Crippen molar-refractivity contribution in [1.82, 2.24) is 20.1 Å². The van der Waals surface area contributed by atoms with Crippen LogP contribution in [0.4, 0.5) is 8.78 Å². The fraction of sp³-hybridized carbons (Fsp3) is 0.500. The highest BCUT2D eigenvalue weighted by Gasteiger charge is 2.21. The van der Waals surface area contributed by atoms with Gasteiger partial charge >= 0.3 is 0 Å². The number of benzene rings is 1. The molecule has 1 aliphatic carbocycles. The SMILES string of the molecule is CC(Oc1ccc(F)cc1F)c1nnc(SCC(=O)NC2CCCC2)n1C. The van der Waals surface area contributed by atoms with Crippen LogP contribution in [-0.4, -0.2) is 32.5 Å². The molecule has 146 valence electrons. The van der Waals surface area contributed by atoms with E-state index in [1.807, 2.05) is 0 Å². The van der Waals surface area contributed by atoms with Crippen LogP contribution in [0.25, 0.3) is 0 Å². The highest BCUT2D eigenvalue weighted by molar-refractivity contribution is 7.99. The number of carbonyl (C=O) groups excluding carboxylic acids is 1. The number of ether oxygens (including phenoxy) is 1. The molecular formula is C18H22F2N4O2S. The third-order valence-corrected chi connectivity index (χ3v) is 5.50. The van der Waals surface area contributed by atoms with Gasteiger partial charge in [-0.2, -0.15) is 0 Å². The van der Waals surface area contributed by atoms with Crippen molar-refractivity contribution in [2.24, 2.45) is 7.05 Å². The van der Waals surface area contributed by atoms with Crippen molar-refractivity contribution in [3.05, 3.63) is 35.7 Å². The standard InChI is InChI=1S/C18H22F2N4O2S/c1-11(26-15-8-7-12(19)9-14(15)20)17-22-23-18(24(17)2)27-10-16(25)21-13-5-3-4-6-13/h7-9,11,13H,3-6,10H2,1-2H3,(H,21,25). The third kappa shape index (κ3) is 4.97. The van der Waals surface area contributed by atoms with Gasteiger partial charge in [0.15, 0.2) is 28.7 Å². The molecule has 1 aliphatic rings. The molecule has 1 heterocycles. The maximum atomic E-state index is 13.8. The Balaban J connectivity index is 1.57. The van der Waals surface area contributed by atoms with Crippen molar-refractivity contribution in [3.63, 3.8) is 0 Å². The monoisotopic (exact) mass is 396 g/mol. The average molecular weight is 396 g/mol. The molecule has 1 amide bonds. The van der Waals surface area contributed by atoms with Crippen LogP contribution in [0, 0.1) is 11.6 Å². The minimum Gasteiger partial charge on any atom is -0.480 e. The zero-order chi connectivity index (χ0) is 19.4. The molecule has 6 nitrogen and oxygen atoms in total. The Morgan fingerprint density at radius 2 is 2.11 bits per heavy atom. The average Bonchev–Trinajstić information content (AvgIpc) is 3.25. The molecule has 0 bridgehead atoms. The summed E-state index contributed by atoms with van der Waals surface area (Å²) in [5.41, 5.74) is 0. The summed E-state index contributed by atoms with van der Waals surface area (Å²) in [7, 11) is 1.76. The first-order chi connectivity index (χ1) is 12.9. The first-order valence-corrected chi connectivity index (χ1v) is 9.85. The quantitative estimate of drug-likeness (QED) is 0.727. The highest BCUT2D eigenvalue weighted by Crippen LogP contribution is 2.26. The molecule has 9 heteroatoms. The van der Waals surface area contributed by atoms with Gasteiger partial charge in [-0.1, -0.05) is 24.6 Å². The zero-order valence-corrected chi connectivity index (χ0v) is 16.1. The van der Waals surface area contributed by atoms with Crippen LogP contribution >= 0.6 is 11.8 Å². The number of amides is 1.